The van der Waals surface area contributed by atoms with Crippen LogP contribution in [-0.2, 0) is 4.79 Å². The highest BCUT2D eigenvalue weighted by molar-refractivity contribution is 5.81. The first kappa shape index (κ1) is 28.8. The quantitative estimate of drug-likeness (QED) is 0.139. The Labute approximate surface area is 214 Å². The van der Waals surface area contributed by atoms with Crippen LogP contribution in [0.5, 0.6) is 0 Å². The highest BCUT2D eigenvalue weighted by Gasteiger charge is 2.48. The number of unbranched alkanes of at least 4 members (excludes halogenated alkanes) is 2. The van der Waals surface area contributed by atoms with Crippen LogP contribution in [0, 0.1) is 23.7 Å². The Morgan fingerprint density at radius 3 is 2.14 bits per heavy atom. The van der Waals surface area contributed by atoms with Crippen LogP contribution in [0.15, 0.2) is 0 Å². The number of rotatable bonds is 20. The number of carbonyl (C=O) groups is 1. The molecule has 4 rings (SSSR count). The van der Waals surface area contributed by atoms with Crippen LogP contribution < -0.4 is 32.7 Å². The molecule has 3 aliphatic heterocycles. The van der Waals surface area contributed by atoms with Gasteiger partial charge in [0.15, 0.2) is 0 Å². The van der Waals surface area contributed by atoms with Gasteiger partial charge in [0.05, 0.1) is 6.04 Å². The van der Waals surface area contributed by atoms with E-state index in [-0.39, 0.29) is 11.9 Å². The molecule has 4 atom stereocenters. The van der Waals surface area contributed by atoms with Gasteiger partial charge in [0.25, 0.3) is 0 Å². The second-order valence-corrected chi connectivity index (χ2v) is 11.5. The topological polar surface area (TPSA) is 120 Å². The number of carbonyl (C=O) groups excluding carboxylic acids is 1. The first-order valence-electron chi connectivity index (χ1n) is 14.7. The Balaban J connectivity index is 1.11. The van der Waals surface area contributed by atoms with Crippen molar-refractivity contribution >= 4 is 5.91 Å². The molecule has 0 aromatic carbocycles. The summed E-state index contributed by atoms with van der Waals surface area (Å²) in [7, 11) is 0. The summed E-state index contributed by atoms with van der Waals surface area (Å²) in [6, 6.07) is 0.223. The molecule has 35 heavy (non-hydrogen) atoms. The van der Waals surface area contributed by atoms with E-state index in [1.54, 1.807) is 0 Å². The maximum Gasteiger partial charge on any atom is 0.236 e. The van der Waals surface area contributed by atoms with Gasteiger partial charge in [-0.2, -0.15) is 0 Å². The summed E-state index contributed by atoms with van der Waals surface area (Å²) >= 11 is 0. The number of nitrogens with one attached hydrogen (secondary N) is 4. The van der Waals surface area contributed by atoms with E-state index in [4.69, 9.17) is 11.5 Å². The number of hydrogen-bond acceptors (Lipinski definition) is 7. The molecule has 4 unspecified atom stereocenters. The first-order chi connectivity index (χ1) is 17.1. The van der Waals surface area contributed by atoms with Gasteiger partial charge >= 0.3 is 0 Å². The van der Waals surface area contributed by atoms with Gasteiger partial charge in [-0.05, 0) is 121 Å². The zero-order chi connectivity index (χ0) is 24.9. The number of nitrogens with two attached hydrogens (primary N) is 2. The molecule has 4 fully saturated rings. The van der Waals surface area contributed by atoms with Crippen LogP contribution in [0.2, 0.25) is 0 Å². The van der Waals surface area contributed by atoms with Crippen LogP contribution in [-0.4, -0.2) is 88.3 Å². The molecular weight excluding hydrogens is 438 g/mol. The second kappa shape index (κ2) is 16.2. The first-order valence-corrected chi connectivity index (χ1v) is 14.7. The fraction of sp³-hybridized carbons (Fsp3) is 0.963. The van der Waals surface area contributed by atoms with Crippen LogP contribution in [0.25, 0.3) is 0 Å². The number of nitrogens with zero attached hydrogens (tertiary/aromatic N) is 1. The van der Waals surface area contributed by atoms with E-state index in [1.165, 1.54) is 45.3 Å². The van der Waals surface area contributed by atoms with Gasteiger partial charge in [-0.3, -0.25) is 4.79 Å². The normalized spacial score (nSPS) is 28.8. The minimum absolute atomic E-state index is 0.00141. The molecule has 3 saturated heterocycles. The second-order valence-electron chi connectivity index (χ2n) is 11.5. The van der Waals surface area contributed by atoms with E-state index in [0.717, 1.165) is 95.0 Å². The predicted octanol–water partition coefficient (Wildman–Crippen LogP) is 0.864. The van der Waals surface area contributed by atoms with Gasteiger partial charge in [0.1, 0.15) is 0 Å². The highest BCUT2D eigenvalue weighted by Crippen LogP contribution is 2.48. The molecule has 3 heterocycles. The average molecular weight is 494 g/mol. The molecule has 4 bridgehead atoms. The van der Waals surface area contributed by atoms with Crippen molar-refractivity contribution in [3.63, 3.8) is 0 Å². The monoisotopic (exact) mass is 493 g/mol. The summed E-state index contributed by atoms with van der Waals surface area (Å²) in [5.41, 5.74) is 11.6. The third-order valence-electron chi connectivity index (χ3n) is 8.53. The van der Waals surface area contributed by atoms with E-state index in [9.17, 15) is 4.79 Å². The lowest BCUT2D eigenvalue weighted by Crippen LogP contribution is -2.61. The van der Waals surface area contributed by atoms with E-state index in [1.807, 2.05) is 0 Å². The van der Waals surface area contributed by atoms with Gasteiger partial charge in [-0.25, -0.2) is 0 Å². The maximum absolute atomic E-state index is 12.3. The summed E-state index contributed by atoms with van der Waals surface area (Å²) in [4.78, 5) is 15.0. The van der Waals surface area contributed by atoms with E-state index < -0.39 is 0 Å². The van der Waals surface area contributed by atoms with Gasteiger partial charge in [0.2, 0.25) is 5.91 Å². The van der Waals surface area contributed by atoms with Gasteiger partial charge in [-0.15, -0.1) is 0 Å². The number of piperidine rings is 3. The number of amides is 1. The lowest BCUT2D eigenvalue weighted by Gasteiger charge is -2.57. The third kappa shape index (κ3) is 9.90. The summed E-state index contributed by atoms with van der Waals surface area (Å²) in [5.74, 6) is 3.64. The zero-order valence-corrected chi connectivity index (χ0v) is 22.4. The SMILES string of the molecule is CC(NCCCCC(N)C(=O)NCCCNCCCCNCCCN)C1C2CC3CC1CN(C3)C2. The standard InChI is InChI=1S/C27H55N7O/c1-21(26-23-16-22-17-24(26)20-34(18-22)19-23)32-14-3-2-8-25(29)27(35)33-15-7-13-31-11-5-4-10-30-12-6-9-28/h21-26,30-32H,2-20,28-29H2,1H3,(H,33,35). The molecular formula is C27H55N7O. The Morgan fingerprint density at radius 2 is 1.49 bits per heavy atom. The van der Waals surface area contributed by atoms with E-state index in [0.29, 0.717) is 12.6 Å². The molecule has 1 amide bonds. The minimum Gasteiger partial charge on any atom is -0.355 e. The van der Waals surface area contributed by atoms with Crippen molar-refractivity contribution in [2.45, 2.75) is 76.8 Å². The molecule has 8 N–H and O–H groups in total. The highest BCUT2D eigenvalue weighted by atomic mass is 16.2. The fourth-order valence-corrected chi connectivity index (χ4v) is 6.88. The molecule has 1 saturated carbocycles. The van der Waals surface area contributed by atoms with Gasteiger partial charge in [0, 0.05) is 32.2 Å². The smallest absolute Gasteiger partial charge is 0.236 e. The lowest BCUT2D eigenvalue weighted by atomic mass is 9.60. The Hall–Kier alpha value is -0.770. The van der Waals surface area contributed by atoms with Crippen molar-refractivity contribution in [2.75, 3.05) is 65.4 Å². The minimum atomic E-state index is -0.384. The Kier molecular flexibility index (Phi) is 13.3. The molecule has 8 nitrogen and oxygen atoms in total. The predicted molar refractivity (Wildman–Crippen MR) is 145 cm³/mol. The van der Waals surface area contributed by atoms with Crippen molar-refractivity contribution in [2.24, 2.45) is 35.1 Å². The lowest BCUT2D eigenvalue weighted by molar-refractivity contribution is -0.122. The molecule has 204 valence electrons. The fourth-order valence-electron chi connectivity index (χ4n) is 6.88. The van der Waals surface area contributed by atoms with Gasteiger partial charge in [-0.1, -0.05) is 6.42 Å². The van der Waals surface area contributed by atoms with Crippen LogP contribution in [0.1, 0.15) is 64.7 Å². The van der Waals surface area contributed by atoms with Crippen LogP contribution in [0.3, 0.4) is 0 Å². The van der Waals surface area contributed by atoms with Crippen LogP contribution in [0.4, 0.5) is 0 Å². The molecule has 0 spiro atoms. The van der Waals surface area contributed by atoms with Crippen molar-refractivity contribution in [1.82, 2.24) is 26.2 Å². The number of hydrogen-bond donors (Lipinski definition) is 6. The van der Waals surface area contributed by atoms with Crippen molar-refractivity contribution in [3.05, 3.63) is 0 Å². The largest absolute Gasteiger partial charge is 0.355 e. The van der Waals surface area contributed by atoms with Crippen molar-refractivity contribution in [3.8, 4) is 0 Å². The average Bonchev–Trinajstić information content (AvgIpc) is 2.83. The van der Waals surface area contributed by atoms with E-state index >= 15 is 0 Å². The summed E-state index contributed by atoms with van der Waals surface area (Å²) in [6.45, 7) is 12.9. The molecule has 0 aromatic rings. The van der Waals surface area contributed by atoms with Gasteiger partial charge < -0.3 is 37.6 Å². The molecule has 0 radical (unpaired) electrons. The molecule has 8 heteroatoms. The maximum atomic E-state index is 12.3. The molecule has 0 aromatic heterocycles. The summed E-state index contributed by atoms with van der Waals surface area (Å²) in [5, 5.41) is 13.7. The molecule has 4 aliphatic rings. The van der Waals surface area contributed by atoms with Crippen molar-refractivity contribution in [1.29, 1.82) is 0 Å². The van der Waals surface area contributed by atoms with Crippen molar-refractivity contribution < 1.29 is 4.79 Å². The summed E-state index contributed by atoms with van der Waals surface area (Å²) in [6.07, 6.45) is 10.1. The van der Waals surface area contributed by atoms with E-state index in [2.05, 4.69) is 33.1 Å². The zero-order valence-electron chi connectivity index (χ0n) is 22.4. The third-order valence-corrected chi connectivity index (χ3v) is 8.53. The van der Waals surface area contributed by atoms with Crippen LogP contribution >= 0.6 is 0 Å². The molecule has 1 aliphatic carbocycles. The summed E-state index contributed by atoms with van der Waals surface area (Å²) < 4.78 is 0. The Bertz CT molecular complexity index is 562. The Morgan fingerprint density at radius 1 is 0.857 bits per heavy atom.